The predicted octanol–water partition coefficient (Wildman–Crippen LogP) is 1.86. The number of carbonyl (C=O) groups is 1. The highest BCUT2D eigenvalue weighted by Gasteiger charge is 2.26. The molecule has 0 aromatic carbocycles. The van der Waals surface area contributed by atoms with Crippen molar-refractivity contribution in [3.8, 4) is 0 Å². The van der Waals surface area contributed by atoms with Crippen LogP contribution in [0.4, 0.5) is 5.82 Å². The van der Waals surface area contributed by atoms with E-state index in [-0.39, 0.29) is 11.8 Å². The molecule has 1 amide bonds. The lowest BCUT2D eigenvalue weighted by atomic mass is 9.89. The van der Waals surface area contributed by atoms with Crippen molar-refractivity contribution < 1.29 is 4.79 Å². The summed E-state index contributed by atoms with van der Waals surface area (Å²) in [5.74, 6) is 0.694. The van der Waals surface area contributed by atoms with Gasteiger partial charge in [0.05, 0.1) is 12.0 Å². The molecule has 2 N–H and O–H groups in total. The maximum absolute atomic E-state index is 12.3. The summed E-state index contributed by atoms with van der Waals surface area (Å²) in [7, 11) is 0. The summed E-state index contributed by atoms with van der Waals surface area (Å²) in [6.45, 7) is 1.94. The number of amides is 1. The van der Waals surface area contributed by atoms with Gasteiger partial charge in [-0.2, -0.15) is 0 Å². The zero-order valence-electron chi connectivity index (χ0n) is 10.8. The highest BCUT2D eigenvalue weighted by atomic mass is 16.1. The van der Waals surface area contributed by atoms with Crippen LogP contribution < -0.4 is 5.32 Å². The van der Waals surface area contributed by atoms with E-state index in [0.717, 1.165) is 36.2 Å². The Kier molecular flexibility index (Phi) is 3.03. The second-order valence-electron chi connectivity index (χ2n) is 4.93. The second-order valence-corrected chi connectivity index (χ2v) is 4.93. The second kappa shape index (κ2) is 4.84. The fraction of sp³-hybridized carbons (Fsp3) is 0.357. The van der Waals surface area contributed by atoms with Crippen LogP contribution in [0, 0.1) is 12.8 Å². The Morgan fingerprint density at radius 3 is 3.21 bits per heavy atom. The Bertz CT molecular complexity index is 605. The first-order valence-corrected chi connectivity index (χ1v) is 6.47. The van der Waals surface area contributed by atoms with Crippen LogP contribution in [0.25, 0.3) is 0 Å². The Labute approximate surface area is 111 Å². The maximum Gasteiger partial charge on any atom is 0.229 e. The van der Waals surface area contributed by atoms with E-state index >= 15 is 0 Å². The number of aromatic nitrogens is 3. The molecule has 1 aliphatic rings. The molecule has 0 saturated heterocycles. The molecule has 2 aromatic rings. The van der Waals surface area contributed by atoms with Gasteiger partial charge in [-0.3, -0.25) is 4.79 Å². The Morgan fingerprint density at radius 1 is 1.47 bits per heavy atom. The van der Waals surface area contributed by atoms with Gasteiger partial charge in [-0.05, 0) is 31.4 Å². The molecule has 5 nitrogen and oxygen atoms in total. The Balaban J connectivity index is 1.71. The van der Waals surface area contributed by atoms with Gasteiger partial charge in [0, 0.05) is 24.2 Å². The minimum Gasteiger partial charge on any atom is -0.348 e. The van der Waals surface area contributed by atoms with Crippen molar-refractivity contribution in [2.75, 3.05) is 5.32 Å². The normalized spacial score (nSPS) is 17.8. The van der Waals surface area contributed by atoms with Crippen LogP contribution in [0.5, 0.6) is 0 Å². The SMILES string of the molecule is Cc1cccnc1NC(=O)C1CCc2nc[nH]c2C1. The lowest BCUT2D eigenvalue weighted by Gasteiger charge is -2.20. The van der Waals surface area contributed by atoms with Crippen LogP contribution in [0.2, 0.25) is 0 Å². The zero-order valence-corrected chi connectivity index (χ0v) is 10.8. The van der Waals surface area contributed by atoms with Crippen LogP contribution in [0.3, 0.4) is 0 Å². The number of hydrogen-bond acceptors (Lipinski definition) is 3. The number of aryl methyl sites for hydroxylation is 2. The third-order valence-corrected chi connectivity index (χ3v) is 3.61. The smallest absolute Gasteiger partial charge is 0.229 e. The first-order valence-electron chi connectivity index (χ1n) is 6.47. The topological polar surface area (TPSA) is 70.7 Å². The number of aromatic amines is 1. The third-order valence-electron chi connectivity index (χ3n) is 3.61. The van der Waals surface area contributed by atoms with Gasteiger partial charge in [0.15, 0.2) is 0 Å². The molecule has 0 bridgehead atoms. The Hall–Kier alpha value is -2.17. The van der Waals surface area contributed by atoms with Crippen LogP contribution in [-0.4, -0.2) is 20.9 Å². The molecule has 3 rings (SSSR count). The molecule has 19 heavy (non-hydrogen) atoms. The number of imidazole rings is 1. The van der Waals surface area contributed by atoms with E-state index in [1.54, 1.807) is 12.5 Å². The number of anilines is 1. The van der Waals surface area contributed by atoms with Gasteiger partial charge >= 0.3 is 0 Å². The minimum absolute atomic E-state index is 0.00523. The van der Waals surface area contributed by atoms with Crippen molar-refractivity contribution in [1.29, 1.82) is 0 Å². The van der Waals surface area contributed by atoms with Crippen LogP contribution in [0.15, 0.2) is 24.7 Å². The first kappa shape index (κ1) is 11.9. The summed E-state index contributed by atoms with van der Waals surface area (Å²) >= 11 is 0. The van der Waals surface area contributed by atoms with Crippen molar-refractivity contribution in [3.63, 3.8) is 0 Å². The van der Waals surface area contributed by atoms with E-state index in [1.165, 1.54) is 0 Å². The quantitative estimate of drug-likeness (QED) is 0.861. The van der Waals surface area contributed by atoms with Gasteiger partial charge in [0.1, 0.15) is 5.82 Å². The molecule has 0 radical (unpaired) electrons. The van der Waals surface area contributed by atoms with Crippen LogP contribution in [-0.2, 0) is 17.6 Å². The molecular weight excluding hydrogens is 240 g/mol. The van der Waals surface area contributed by atoms with Crippen molar-refractivity contribution in [2.24, 2.45) is 5.92 Å². The largest absolute Gasteiger partial charge is 0.348 e. The molecule has 5 heteroatoms. The molecule has 98 valence electrons. The predicted molar refractivity (Wildman–Crippen MR) is 71.7 cm³/mol. The lowest BCUT2D eigenvalue weighted by Crippen LogP contribution is -2.28. The van der Waals surface area contributed by atoms with Crippen LogP contribution in [0.1, 0.15) is 23.4 Å². The molecule has 1 atom stereocenters. The van der Waals surface area contributed by atoms with E-state index in [9.17, 15) is 4.79 Å². The van der Waals surface area contributed by atoms with E-state index in [1.807, 2.05) is 19.1 Å². The average Bonchev–Trinajstić information content (AvgIpc) is 2.88. The molecule has 1 unspecified atom stereocenters. The Morgan fingerprint density at radius 2 is 2.37 bits per heavy atom. The van der Waals surface area contributed by atoms with E-state index in [2.05, 4.69) is 20.3 Å². The molecule has 1 aliphatic carbocycles. The van der Waals surface area contributed by atoms with Crippen molar-refractivity contribution in [2.45, 2.75) is 26.2 Å². The number of pyridine rings is 1. The number of H-pyrrole nitrogens is 1. The molecule has 0 saturated carbocycles. The van der Waals surface area contributed by atoms with E-state index in [0.29, 0.717) is 5.82 Å². The highest BCUT2D eigenvalue weighted by molar-refractivity contribution is 5.92. The van der Waals surface area contributed by atoms with E-state index in [4.69, 9.17) is 0 Å². The molecule has 0 aliphatic heterocycles. The monoisotopic (exact) mass is 256 g/mol. The van der Waals surface area contributed by atoms with Gasteiger partial charge < -0.3 is 10.3 Å². The third kappa shape index (κ3) is 2.36. The fourth-order valence-electron chi connectivity index (χ4n) is 2.46. The molecule has 2 aromatic heterocycles. The summed E-state index contributed by atoms with van der Waals surface area (Å²) in [4.78, 5) is 23.8. The van der Waals surface area contributed by atoms with Crippen molar-refractivity contribution in [1.82, 2.24) is 15.0 Å². The van der Waals surface area contributed by atoms with Crippen molar-refractivity contribution >= 4 is 11.7 Å². The van der Waals surface area contributed by atoms with E-state index < -0.39 is 0 Å². The highest BCUT2D eigenvalue weighted by Crippen LogP contribution is 2.24. The summed E-state index contributed by atoms with van der Waals surface area (Å²) in [5, 5.41) is 2.92. The van der Waals surface area contributed by atoms with Gasteiger partial charge in [-0.25, -0.2) is 9.97 Å². The van der Waals surface area contributed by atoms with Gasteiger partial charge in [-0.1, -0.05) is 6.07 Å². The van der Waals surface area contributed by atoms with Gasteiger partial charge in [-0.15, -0.1) is 0 Å². The molecule has 0 fully saturated rings. The summed E-state index contributed by atoms with van der Waals surface area (Å²) < 4.78 is 0. The van der Waals surface area contributed by atoms with Gasteiger partial charge in [0.2, 0.25) is 5.91 Å². The zero-order chi connectivity index (χ0) is 13.2. The summed E-state index contributed by atoms with van der Waals surface area (Å²) in [6, 6.07) is 3.80. The minimum atomic E-state index is -0.00523. The van der Waals surface area contributed by atoms with Gasteiger partial charge in [0.25, 0.3) is 0 Å². The molecular formula is C14H16N4O. The van der Waals surface area contributed by atoms with Crippen molar-refractivity contribution in [3.05, 3.63) is 41.6 Å². The number of hydrogen-bond donors (Lipinski definition) is 2. The number of nitrogens with one attached hydrogen (secondary N) is 2. The first-order chi connectivity index (χ1) is 9.24. The van der Waals surface area contributed by atoms with Crippen LogP contribution >= 0.6 is 0 Å². The fourth-order valence-corrected chi connectivity index (χ4v) is 2.46. The number of rotatable bonds is 2. The maximum atomic E-state index is 12.3. The lowest BCUT2D eigenvalue weighted by molar-refractivity contribution is -0.120. The number of fused-ring (bicyclic) bond motifs is 1. The summed E-state index contributed by atoms with van der Waals surface area (Å²) in [6.07, 6.45) is 5.82. The molecule has 2 heterocycles. The molecule has 0 spiro atoms. The standard InChI is InChI=1S/C14H16N4O/c1-9-3-2-6-15-13(9)18-14(19)10-4-5-11-12(7-10)17-8-16-11/h2-3,6,8,10H,4-5,7H2,1H3,(H,16,17)(H,15,18,19). The average molecular weight is 256 g/mol. The summed E-state index contributed by atoms with van der Waals surface area (Å²) in [5.41, 5.74) is 3.16. The number of nitrogens with zero attached hydrogens (tertiary/aromatic N) is 2. The number of carbonyl (C=O) groups excluding carboxylic acids is 1.